The lowest BCUT2D eigenvalue weighted by atomic mass is 10.1. The fraction of sp³-hybridized carbons (Fsp3) is 0.385. The highest BCUT2D eigenvalue weighted by Gasteiger charge is 2.01. The summed E-state index contributed by atoms with van der Waals surface area (Å²) in [4.78, 5) is 10.6. The van der Waals surface area contributed by atoms with Crippen LogP contribution in [-0.2, 0) is 0 Å². The zero-order chi connectivity index (χ0) is 12.8. The lowest BCUT2D eigenvalue weighted by molar-refractivity contribution is -0.255. The molecule has 0 aliphatic carbocycles. The van der Waals surface area contributed by atoms with Gasteiger partial charge >= 0.3 is 0 Å². The third-order valence-electron chi connectivity index (χ3n) is 2.48. The molecule has 17 heavy (non-hydrogen) atoms. The first-order valence-electron chi connectivity index (χ1n) is 5.68. The Morgan fingerprint density at radius 2 is 1.94 bits per heavy atom. The van der Waals surface area contributed by atoms with E-state index < -0.39 is 5.97 Å². The minimum absolute atomic E-state index is 0.166. The minimum Gasteiger partial charge on any atom is -0.545 e. The Balaban J connectivity index is 2.72. The SMILES string of the molecule is CC/C(=N/Nc1ccc(C(=O)[O-])cc1)C(C)C. The van der Waals surface area contributed by atoms with Crippen molar-refractivity contribution in [2.75, 3.05) is 5.43 Å². The highest BCUT2D eigenvalue weighted by molar-refractivity contribution is 5.87. The Kier molecular flexibility index (Phi) is 4.69. The molecule has 0 atom stereocenters. The number of hydrogen-bond donors (Lipinski definition) is 1. The number of hydrogen-bond acceptors (Lipinski definition) is 4. The fourth-order valence-corrected chi connectivity index (χ4v) is 1.43. The van der Waals surface area contributed by atoms with E-state index in [0.717, 1.165) is 17.8 Å². The van der Waals surface area contributed by atoms with Gasteiger partial charge in [-0.1, -0.05) is 32.9 Å². The molecule has 0 aliphatic rings. The molecular weight excluding hydrogens is 216 g/mol. The zero-order valence-corrected chi connectivity index (χ0v) is 10.4. The largest absolute Gasteiger partial charge is 0.545 e. The van der Waals surface area contributed by atoms with E-state index in [1.54, 1.807) is 12.1 Å². The lowest BCUT2D eigenvalue weighted by Crippen LogP contribution is -2.21. The van der Waals surface area contributed by atoms with Crippen LogP contribution in [0.15, 0.2) is 29.4 Å². The molecule has 0 saturated carbocycles. The summed E-state index contributed by atoms with van der Waals surface area (Å²) in [7, 11) is 0. The zero-order valence-electron chi connectivity index (χ0n) is 10.4. The van der Waals surface area contributed by atoms with Crippen molar-refractivity contribution in [3.8, 4) is 0 Å². The number of carboxylic acids is 1. The number of carbonyl (C=O) groups excluding carboxylic acids is 1. The van der Waals surface area contributed by atoms with Crippen molar-refractivity contribution in [1.29, 1.82) is 0 Å². The Bertz CT molecular complexity index is 408. The van der Waals surface area contributed by atoms with Gasteiger partial charge in [0.1, 0.15) is 0 Å². The summed E-state index contributed by atoms with van der Waals surface area (Å²) in [6.07, 6.45) is 0.891. The van der Waals surface area contributed by atoms with Crippen LogP contribution in [0.2, 0.25) is 0 Å². The van der Waals surface area contributed by atoms with E-state index in [9.17, 15) is 9.90 Å². The van der Waals surface area contributed by atoms with E-state index in [0.29, 0.717) is 5.92 Å². The summed E-state index contributed by atoms with van der Waals surface area (Å²) in [5.41, 5.74) is 4.93. The number of nitrogens with one attached hydrogen (secondary N) is 1. The summed E-state index contributed by atoms with van der Waals surface area (Å²) in [5.74, 6) is -0.772. The standard InChI is InChI=1S/C13H18N2O2/c1-4-12(9(2)3)15-14-11-7-5-10(6-8-11)13(16)17/h5-9,14H,4H2,1-3H3,(H,16,17)/p-1/b15-12-. The maximum Gasteiger partial charge on any atom is 0.0715 e. The molecule has 4 heteroatoms. The van der Waals surface area contributed by atoms with Crippen molar-refractivity contribution >= 4 is 17.4 Å². The van der Waals surface area contributed by atoms with E-state index >= 15 is 0 Å². The summed E-state index contributed by atoms with van der Waals surface area (Å²) in [6, 6.07) is 6.33. The van der Waals surface area contributed by atoms with Gasteiger partial charge < -0.3 is 9.90 Å². The number of benzene rings is 1. The van der Waals surface area contributed by atoms with Crippen molar-refractivity contribution in [3.05, 3.63) is 29.8 Å². The highest BCUT2D eigenvalue weighted by atomic mass is 16.4. The molecule has 0 aromatic heterocycles. The second-order valence-corrected chi connectivity index (χ2v) is 4.09. The van der Waals surface area contributed by atoms with E-state index in [1.807, 2.05) is 0 Å². The van der Waals surface area contributed by atoms with Crippen LogP contribution in [0.4, 0.5) is 5.69 Å². The normalized spacial score (nSPS) is 11.6. The number of hydrazone groups is 1. The Labute approximate surface area is 101 Å². The van der Waals surface area contributed by atoms with E-state index in [2.05, 4.69) is 31.3 Å². The van der Waals surface area contributed by atoms with Gasteiger partial charge in [0.2, 0.25) is 0 Å². The molecule has 0 unspecified atom stereocenters. The van der Waals surface area contributed by atoms with E-state index in [-0.39, 0.29) is 5.56 Å². The number of carbonyl (C=O) groups is 1. The Hall–Kier alpha value is -1.84. The van der Waals surface area contributed by atoms with Crippen molar-refractivity contribution < 1.29 is 9.90 Å². The first-order chi connectivity index (χ1) is 8.04. The molecule has 4 nitrogen and oxygen atoms in total. The van der Waals surface area contributed by atoms with Crippen LogP contribution in [0.1, 0.15) is 37.6 Å². The molecule has 0 fully saturated rings. The van der Waals surface area contributed by atoms with E-state index in [1.165, 1.54) is 12.1 Å². The van der Waals surface area contributed by atoms with E-state index in [4.69, 9.17) is 0 Å². The predicted octanol–water partition coefficient (Wildman–Crippen LogP) is 1.88. The number of aromatic carboxylic acids is 1. The molecule has 0 spiro atoms. The third-order valence-corrected chi connectivity index (χ3v) is 2.48. The second kappa shape index (κ2) is 6.03. The van der Waals surface area contributed by atoms with Crippen LogP contribution in [0.5, 0.6) is 0 Å². The van der Waals surface area contributed by atoms with Crippen LogP contribution in [0.25, 0.3) is 0 Å². The number of nitrogens with zero attached hydrogens (tertiary/aromatic N) is 1. The molecule has 1 N–H and O–H groups in total. The van der Waals surface area contributed by atoms with Gasteiger partial charge in [-0.25, -0.2) is 0 Å². The number of carboxylic acid groups (broad SMARTS) is 1. The van der Waals surface area contributed by atoms with Crippen LogP contribution < -0.4 is 10.5 Å². The first kappa shape index (κ1) is 13.2. The minimum atomic E-state index is -1.17. The third kappa shape index (κ3) is 3.90. The van der Waals surface area contributed by atoms with Gasteiger partial charge in [0.15, 0.2) is 0 Å². The number of rotatable bonds is 5. The Morgan fingerprint density at radius 3 is 2.35 bits per heavy atom. The number of anilines is 1. The molecule has 0 heterocycles. The van der Waals surface area contributed by atoms with Crippen LogP contribution >= 0.6 is 0 Å². The maximum absolute atomic E-state index is 10.6. The van der Waals surface area contributed by atoms with Gasteiger partial charge in [-0.15, -0.1) is 0 Å². The van der Waals surface area contributed by atoms with Crippen LogP contribution in [0.3, 0.4) is 0 Å². The van der Waals surface area contributed by atoms with Gasteiger partial charge in [-0.3, -0.25) is 5.43 Å². The molecule has 0 amide bonds. The molecule has 0 aliphatic heterocycles. The fourth-order valence-electron chi connectivity index (χ4n) is 1.43. The predicted molar refractivity (Wildman–Crippen MR) is 67.0 cm³/mol. The molecule has 0 saturated heterocycles. The monoisotopic (exact) mass is 233 g/mol. The van der Waals surface area contributed by atoms with Gasteiger partial charge in [0, 0.05) is 5.71 Å². The van der Waals surface area contributed by atoms with Gasteiger partial charge in [0.05, 0.1) is 11.7 Å². The van der Waals surface area contributed by atoms with Crippen molar-refractivity contribution in [3.63, 3.8) is 0 Å². The molecule has 1 aromatic rings. The summed E-state index contributed by atoms with van der Waals surface area (Å²) >= 11 is 0. The topological polar surface area (TPSA) is 64.5 Å². The maximum atomic E-state index is 10.6. The molecule has 0 bridgehead atoms. The molecular formula is C13H17N2O2-. The van der Waals surface area contributed by atoms with Crippen molar-refractivity contribution in [1.82, 2.24) is 0 Å². The van der Waals surface area contributed by atoms with Crippen molar-refractivity contribution in [2.45, 2.75) is 27.2 Å². The molecule has 1 rings (SSSR count). The average molecular weight is 233 g/mol. The first-order valence-corrected chi connectivity index (χ1v) is 5.68. The Morgan fingerprint density at radius 1 is 1.35 bits per heavy atom. The summed E-state index contributed by atoms with van der Waals surface area (Å²) in [6.45, 7) is 6.23. The summed E-state index contributed by atoms with van der Waals surface area (Å²) in [5, 5.41) is 14.8. The smallest absolute Gasteiger partial charge is 0.0715 e. The van der Waals surface area contributed by atoms with Crippen LogP contribution in [0, 0.1) is 5.92 Å². The molecule has 0 radical (unpaired) electrons. The lowest BCUT2D eigenvalue weighted by Gasteiger charge is -2.09. The van der Waals surface area contributed by atoms with Crippen molar-refractivity contribution in [2.24, 2.45) is 11.0 Å². The van der Waals surface area contributed by atoms with Gasteiger partial charge in [-0.2, -0.15) is 5.10 Å². The summed E-state index contributed by atoms with van der Waals surface area (Å²) < 4.78 is 0. The highest BCUT2D eigenvalue weighted by Crippen LogP contribution is 2.10. The van der Waals surface area contributed by atoms with Crippen LogP contribution in [-0.4, -0.2) is 11.7 Å². The average Bonchev–Trinajstić information content (AvgIpc) is 2.30. The van der Waals surface area contributed by atoms with Gasteiger partial charge in [0.25, 0.3) is 0 Å². The van der Waals surface area contributed by atoms with Gasteiger partial charge in [-0.05, 0) is 30.0 Å². The molecule has 1 aromatic carbocycles. The quantitative estimate of drug-likeness (QED) is 0.624. The second-order valence-electron chi connectivity index (χ2n) is 4.09. The molecule has 92 valence electrons.